The molecular formula is C8H13N3O2. The average Bonchev–Trinajstić information content (AvgIpc) is 2.56. The summed E-state index contributed by atoms with van der Waals surface area (Å²) in [6.45, 7) is 0. The lowest BCUT2D eigenvalue weighted by molar-refractivity contribution is -0.138. The fourth-order valence-corrected chi connectivity index (χ4v) is 1.82. The molecule has 0 aromatic heterocycles. The van der Waals surface area contributed by atoms with E-state index < -0.39 is 12.0 Å². The third-order valence-electron chi connectivity index (χ3n) is 2.51. The lowest BCUT2D eigenvalue weighted by Gasteiger charge is -2.11. The molecule has 0 amide bonds. The van der Waals surface area contributed by atoms with Crippen molar-refractivity contribution in [2.45, 2.75) is 38.1 Å². The molecule has 13 heavy (non-hydrogen) atoms. The molecule has 1 rings (SSSR count). The second-order valence-corrected chi connectivity index (χ2v) is 3.45. The topological polar surface area (TPSA) is 86.1 Å². The van der Waals surface area contributed by atoms with Crippen molar-refractivity contribution in [1.29, 1.82) is 0 Å². The monoisotopic (exact) mass is 183 g/mol. The Hall–Kier alpha value is -1.22. The van der Waals surface area contributed by atoms with Crippen LogP contribution >= 0.6 is 0 Å². The molecule has 1 fully saturated rings. The fraction of sp³-hybridized carbons (Fsp3) is 0.875. The number of carboxylic acids is 1. The van der Waals surface area contributed by atoms with E-state index in [1.807, 2.05) is 0 Å². The largest absolute Gasteiger partial charge is 0.481 e. The summed E-state index contributed by atoms with van der Waals surface area (Å²) >= 11 is 0. The van der Waals surface area contributed by atoms with Crippen molar-refractivity contribution in [3.63, 3.8) is 0 Å². The first-order chi connectivity index (χ1) is 6.24. The summed E-state index contributed by atoms with van der Waals surface area (Å²) in [4.78, 5) is 13.2. The molecule has 5 nitrogen and oxygen atoms in total. The molecule has 5 heteroatoms. The van der Waals surface area contributed by atoms with Crippen LogP contribution in [-0.4, -0.2) is 17.1 Å². The Morgan fingerprint density at radius 2 is 2.23 bits per heavy atom. The van der Waals surface area contributed by atoms with Gasteiger partial charge < -0.3 is 5.11 Å². The maximum Gasteiger partial charge on any atom is 0.312 e. The van der Waals surface area contributed by atoms with Crippen LogP contribution in [-0.2, 0) is 4.79 Å². The van der Waals surface area contributed by atoms with Gasteiger partial charge >= 0.3 is 5.97 Å². The van der Waals surface area contributed by atoms with Gasteiger partial charge in [0.2, 0.25) is 0 Å². The van der Waals surface area contributed by atoms with Gasteiger partial charge in [0.15, 0.2) is 0 Å². The van der Waals surface area contributed by atoms with Crippen LogP contribution in [0.25, 0.3) is 10.4 Å². The summed E-state index contributed by atoms with van der Waals surface area (Å²) in [6.07, 6.45) is 5.00. The Balaban J connectivity index is 2.45. The van der Waals surface area contributed by atoms with Gasteiger partial charge in [-0.15, -0.1) is 0 Å². The number of nitrogens with zero attached hydrogens (tertiary/aromatic N) is 3. The predicted molar refractivity (Wildman–Crippen MR) is 47.1 cm³/mol. The van der Waals surface area contributed by atoms with E-state index in [1.165, 1.54) is 12.8 Å². The summed E-state index contributed by atoms with van der Waals surface area (Å²) in [5, 5.41) is 12.0. The van der Waals surface area contributed by atoms with Crippen molar-refractivity contribution in [3.8, 4) is 0 Å². The summed E-state index contributed by atoms with van der Waals surface area (Å²) in [6, 6.07) is -0.868. The highest BCUT2D eigenvalue weighted by Crippen LogP contribution is 2.29. The minimum Gasteiger partial charge on any atom is -0.481 e. The molecule has 1 N–H and O–H groups in total. The fourth-order valence-electron chi connectivity index (χ4n) is 1.82. The van der Waals surface area contributed by atoms with Gasteiger partial charge in [-0.25, -0.2) is 0 Å². The van der Waals surface area contributed by atoms with Crippen LogP contribution in [0.4, 0.5) is 0 Å². The van der Waals surface area contributed by atoms with Gasteiger partial charge in [0.05, 0.1) is 0 Å². The van der Waals surface area contributed by atoms with E-state index in [-0.39, 0.29) is 0 Å². The third kappa shape index (κ3) is 2.95. The molecule has 0 spiro atoms. The zero-order valence-electron chi connectivity index (χ0n) is 7.39. The van der Waals surface area contributed by atoms with E-state index in [0.717, 1.165) is 12.8 Å². The highest BCUT2D eigenvalue weighted by atomic mass is 16.4. The SMILES string of the molecule is [N-]=[N+]=NC(CC1CCCC1)C(=O)O. The van der Waals surface area contributed by atoms with Crippen molar-refractivity contribution in [3.05, 3.63) is 10.4 Å². The average molecular weight is 183 g/mol. The number of azide groups is 1. The molecule has 72 valence electrons. The van der Waals surface area contributed by atoms with Crippen LogP contribution in [0.2, 0.25) is 0 Å². The lowest BCUT2D eigenvalue weighted by Crippen LogP contribution is -2.20. The minimum atomic E-state index is -1.01. The Morgan fingerprint density at radius 3 is 2.69 bits per heavy atom. The van der Waals surface area contributed by atoms with E-state index in [0.29, 0.717) is 12.3 Å². The smallest absolute Gasteiger partial charge is 0.312 e. The molecule has 1 aliphatic carbocycles. The quantitative estimate of drug-likeness (QED) is 0.412. The normalized spacial score (nSPS) is 19.4. The molecule has 0 radical (unpaired) electrons. The molecular weight excluding hydrogens is 170 g/mol. The van der Waals surface area contributed by atoms with E-state index >= 15 is 0 Å². The van der Waals surface area contributed by atoms with Gasteiger partial charge in [-0.2, -0.15) is 0 Å². The van der Waals surface area contributed by atoms with E-state index in [4.69, 9.17) is 10.6 Å². The number of hydrogen-bond acceptors (Lipinski definition) is 2. The third-order valence-corrected chi connectivity index (χ3v) is 2.51. The maximum absolute atomic E-state index is 10.6. The van der Waals surface area contributed by atoms with Gasteiger partial charge in [0.25, 0.3) is 0 Å². The molecule has 0 aliphatic heterocycles. The van der Waals surface area contributed by atoms with E-state index in [2.05, 4.69) is 10.0 Å². The molecule has 0 saturated heterocycles. The van der Waals surface area contributed by atoms with E-state index in [1.54, 1.807) is 0 Å². The molecule has 1 saturated carbocycles. The zero-order valence-corrected chi connectivity index (χ0v) is 7.39. The van der Waals surface area contributed by atoms with Gasteiger partial charge in [0.1, 0.15) is 6.04 Å². The van der Waals surface area contributed by atoms with Crippen molar-refractivity contribution in [2.75, 3.05) is 0 Å². The van der Waals surface area contributed by atoms with Crippen LogP contribution in [0.5, 0.6) is 0 Å². The molecule has 0 heterocycles. The number of carboxylic acid groups (broad SMARTS) is 1. The number of carbonyl (C=O) groups is 1. The first-order valence-electron chi connectivity index (χ1n) is 4.51. The van der Waals surface area contributed by atoms with Crippen molar-refractivity contribution in [1.82, 2.24) is 0 Å². The predicted octanol–water partition coefficient (Wildman–Crippen LogP) is 2.33. The van der Waals surface area contributed by atoms with Crippen LogP contribution in [0, 0.1) is 5.92 Å². The Bertz CT molecular complexity index is 228. The van der Waals surface area contributed by atoms with Crippen LogP contribution in [0.3, 0.4) is 0 Å². The Morgan fingerprint density at radius 1 is 1.62 bits per heavy atom. The molecule has 0 aromatic rings. The van der Waals surface area contributed by atoms with Gasteiger partial charge in [0, 0.05) is 4.91 Å². The molecule has 1 unspecified atom stereocenters. The van der Waals surface area contributed by atoms with Gasteiger partial charge in [-0.05, 0) is 17.9 Å². The highest BCUT2D eigenvalue weighted by molar-refractivity contribution is 5.73. The molecule has 0 bridgehead atoms. The summed E-state index contributed by atoms with van der Waals surface area (Å²) < 4.78 is 0. The summed E-state index contributed by atoms with van der Waals surface area (Å²) in [5.41, 5.74) is 8.15. The van der Waals surface area contributed by atoms with Gasteiger partial charge in [-0.1, -0.05) is 30.8 Å². The first-order valence-corrected chi connectivity index (χ1v) is 4.51. The van der Waals surface area contributed by atoms with Crippen LogP contribution < -0.4 is 0 Å². The van der Waals surface area contributed by atoms with Crippen LogP contribution in [0.1, 0.15) is 32.1 Å². The Labute approximate surface area is 76.4 Å². The lowest BCUT2D eigenvalue weighted by atomic mass is 9.99. The number of rotatable bonds is 4. The second-order valence-electron chi connectivity index (χ2n) is 3.45. The number of aliphatic carboxylic acids is 1. The zero-order chi connectivity index (χ0) is 9.68. The summed E-state index contributed by atoms with van der Waals surface area (Å²) in [7, 11) is 0. The first kappa shape index (κ1) is 9.86. The summed E-state index contributed by atoms with van der Waals surface area (Å²) in [5.74, 6) is -0.573. The molecule has 0 aromatic carbocycles. The second kappa shape index (κ2) is 4.72. The van der Waals surface area contributed by atoms with Crippen molar-refractivity contribution in [2.24, 2.45) is 11.0 Å². The van der Waals surface area contributed by atoms with Crippen molar-refractivity contribution < 1.29 is 9.90 Å². The minimum absolute atomic E-state index is 0.437. The standard InChI is InChI=1S/C8H13N3O2/c9-11-10-7(8(12)13)5-6-3-1-2-4-6/h6-7H,1-5H2,(H,12,13). The number of hydrogen-bond donors (Lipinski definition) is 1. The Kier molecular flexibility index (Phi) is 3.58. The van der Waals surface area contributed by atoms with Gasteiger partial charge in [-0.3, -0.25) is 4.79 Å². The van der Waals surface area contributed by atoms with Crippen LogP contribution in [0.15, 0.2) is 5.11 Å². The molecule has 1 atom stereocenters. The highest BCUT2D eigenvalue weighted by Gasteiger charge is 2.23. The van der Waals surface area contributed by atoms with E-state index in [9.17, 15) is 4.79 Å². The maximum atomic E-state index is 10.6. The van der Waals surface area contributed by atoms with Crippen molar-refractivity contribution >= 4 is 5.97 Å². The molecule has 1 aliphatic rings.